The van der Waals surface area contributed by atoms with E-state index in [9.17, 15) is 4.79 Å². The van der Waals surface area contributed by atoms with Gasteiger partial charge in [0.1, 0.15) is 11.9 Å². The van der Waals surface area contributed by atoms with Crippen molar-refractivity contribution in [3.63, 3.8) is 0 Å². The maximum atomic E-state index is 12.4. The lowest BCUT2D eigenvalue weighted by Crippen LogP contribution is -2.50. The summed E-state index contributed by atoms with van der Waals surface area (Å²) in [6.45, 7) is 10.2. The van der Waals surface area contributed by atoms with Crippen molar-refractivity contribution in [2.24, 2.45) is 0 Å². The highest BCUT2D eigenvalue weighted by atomic mass is 16.6. The van der Waals surface area contributed by atoms with E-state index in [1.165, 1.54) is 0 Å². The molecule has 0 N–H and O–H groups in total. The zero-order chi connectivity index (χ0) is 22.9. The van der Waals surface area contributed by atoms with Crippen LogP contribution in [0.4, 0.5) is 10.6 Å². The summed E-state index contributed by atoms with van der Waals surface area (Å²) in [5.74, 6) is 3.43. The van der Waals surface area contributed by atoms with Crippen LogP contribution >= 0.6 is 0 Å². The second-order valence-electron chi connectivity index (χ2n) is 8.92. The Kier molecular flexibility index (Phi) is 5.74. The standard InChI is InChI=1S/C24H28N6O2/c1-6-18-7-9-19(10-8-18)17(2)30-16-27-20-21(25-15-26-22(20)30)28-11-13-29(14-12-28)23(31)32-24(3,4)5/h1,7-10,15-17H,11-14H2,2-5H3. The quantitative estimate of drug-likeness (QED) is 0.590. The summed E-state index contributed by atoms with van der Waals surface area (Å²) in [5.41, 5.74) is 3.00. The van der Waals surface area contributed by atoms with Gasteiger partial charge >= 0.3 is 6.09 Å². The molecule has 3 heterocycles. The van der Waals surface area contributed by atoms with Crippen LogP contribution in [0.5, 0.6) is 0 Å². The fourth-order valence-corrected chi connectivity index (χ4v) is 3.80. The van der Waals surface area contributed by atoms with Gasteiger partial charge in [-0.25, -0.2) is 19.7 Å². The minimum atomic E-state index is -0.502. The first-order valence-corrected chi connectivity index (χ1v) is 10.7. The number of hydrogen-bond donors (Lipinski definition) is 0. The van der Waals surface area contributed by atoms with Crippen LogP contribution in [0.15, 0.2) is 36.9 Å². The van der Waals surface area contributed by atoms with Crippen LogP contribution in [-0.2, 0) is 4.74 Å². The number of ether oxygens (including phenoxy) is 1. The molecule has 1 aliphatic heterocycles. The van der Waals surface area contributed by atoms with E-state index in [4.69, 9.17) is 11.2 Å². The molecule has 1 aromatic carbocycles. The first-order chi connectivity index (χ1) is 15.3. The number of nitrogens with zero attached hydrogens (tertiary/aromatic N) is 6. The molecule has 1 fully saturated rings. The summed E-state index contributed by atoms with van der Waals surface area (Å²) < 4.78 is 7.53. The van der Waals surface area contributed by atoms with Gasteiger partial charge in [-0.3, -0.25) is 0 Å². The largest absolute Gasteiger partial charge is 0.444 e. The first kappa shape index (κ1) is 21.6. The number of rotatable bonds is 3. The van der Waals surface area contributed by atoms with Gasteiger partial charge in [-0.05, 0) is 45.4 Å². The predicted octanol–water partition coefficient (Wildman–Crippen LogP) is 3.47. The van der Waals surface area contributed by atoms with E-state index >= 15 is 0 Å². The monoisotopic (exact) mass is 432 g/mol. The molecule has 0 spiro atoms. The average Bonchev–Trinajstić information content (AvgIpc) is 3.22. The molecule has 4 rings (SSSR count). The van der Waals surface area contributed by atoms with Crippen LogP contribution in [0.2, 0.25) is 0 Å². The van der Waals surface area contributed by atoms with Crippen molar-refractivity contribution in [3.8, 4) is 12.3 Å². The van der Waals surface area contributed by atoms with Gasteiger partial charge in [0.25, 0.3) is 0 Å². The van der Waals surface area contributed by atoms with Crippen molar-refractivity contribution in [2.75, 3.05) is 31.1 Å². The zero-order valence-corrected chi connectivity index (χ0v) is 18.9. The third kappa shape index (κ3) is 4.37. The van der Waals surface area contributed by atoms with Gasteiger partial charge in [-0.1, -0.05) is 18.1 Å². The minimum Gasteiger partial charge on any atom is -0.444 e. The molecule has 2 aromatic heterocycles. The Labute approximate surface area is 188 Å². The van der Waals surface area contributed by atoms with E-state index in [0.29, 0.717) is 26.2 Å². The fourth-order valence-electron chi connectivity index (χ4n) is 3.80. The summed E-state index contributed by atoms with van der Waals surface area (Å²) >= 11 is 0. The smallest absolute Gasteiger partial charge is 0.410 e. The molecule has 1 unspecified atom stereocenters. The summed E-state index contributed by atoms with van der Waals surface area (Å²) in [6.07, 6.45) is 8.57. The maximum Gasteiger partial charge on any atom is 0.410 e. The Morgan fingerprint density at radius 3 is 2.41 bits per heavy atom. The van der Waals surface area contributed by atoms with Crippen LogP contribution in [0.3, 0.4) is 0 Å². The number of fused-ring (bicyclic) bond motifs is 1. The lowest BCUT2D eigenvalue weighted by atomic mass is 10.1. The summed E-state index contributed by atoms with van der Waals surface area (Å²) in [6, 6.07) is 7.98. The molecule has 32 heavy (non-hydrogen) atoms. The van der Waals surface area contributed by atoms with Crippen LogP contribution in [0, 0.1) is 12.3 Å². The maximum absolute atomic E-state index is 12.4. The highest BCUT2D eigenvalue weighted by Gasteiger charge is 2.28. The summed E-state index contributed by atoms with van der Waals surface area (Å²) in [5, 5.41) is 0. The molecular weight excluding hydrogens is 404 g/mol. The second kappa shape index (κ2) is 8.50. The Bertz CT molecular complexity index is 1150. The van der Waals surface area contributed by atoms with Gasteiger partial charge in [-0.2, -0.15) is 0 Å². The molecule has 0 aliphatic carbocycles. The molecule has 1 atom stereocenters. The van der Waals surface area contributed by atoms with Crippen LogP contribution in [-0.4, -0.2) is 62.3 Å². The third-order valence-corrected chi connectivity index (χ3v) is 5.55. The Morgan fingerprint density at radius 1 is 1.09 bits per heavy atom. The molecular formula is C24H28N6O2. The Hall–Kier alpha value is -3.60. The number of aromatic nitrogens is 4. The number of hydrogen-bond acceptors (Lipinski definition) is 6. The third-order valence-electron chi connectivity index (χ3n) is 5.55. The van der Waals surface area contributed by atoms with E-state index in [-0.39, 0.29) is 12.1 Å². The molecule has 166 valence electrons. The van der Waals surface area contributed by atoms with Crippen molar-refractivity contribution in [1.82, 2.24) is 24.4 Å². The number of anilines is 1. The number of carbonyl (C=O) groups excluding carboxylic acids is 1. The Balaban J connectivity index is 1.52. The van der Waals surface area contributed by atoms with Crippen molar-refractivity contribution in [2.45, 2.75) is 39.3 Å². The van der Waals surface area contributed by atoms with Crippen LogP contribution in [0.1, 0.15) is 44.9 Å². The van der Waals surface area contributed by atoms with E-state index < -0.39 is 5.60 Å². The normalized spacial score (nSPS) is 15.5. The molecule has 1 saturated heterocycles. The number of piperazine rings is 1. The van der Waals surface area contributed by atoms with Crippen molar-refractivity contribution in [3.05, 3.63) is 48.0 Å². The van der Waals surface area contributed by atoms with E-state index in [1.54, 1.807) is 17.6 Å². The van der Waals surface area contributed by atoms with Crippen molar-refractivity contribution in [1.29, 1.82) is 0 Å². The SMILES string of the molecule is C#Cc1ccc(C(C)n2cnc3c(N4CCN(C(=O)OC(C)(C)C)CC4)ncnc32)cc1. The van der Waals surface area contributed by atoms with Gasteiger partial charge in [0.05, 0.1) is 12.4 Å². The number of imidazole rings is 1. The molecule has 8 heteroatoms. The van der Waals surface area contributed by atoms with Gasteiger partial charge in [0, 0.05) is 31.7 Å². The highest BCUT2D eigenvalue weighted by molar-refractivity contribution is 5.83. The van der Waals surface area contributed by atoms with E-state index in [0.717, 1.165) is 28.1 Å². The molecule has 1 amide bonds. The second-order valence-corrected chi connectivity index (χ2v) is 8.92. The average molecular weight is 433 g/mol. The molecule has 0 radical (unpaired) electrons. The van der Waals surface area contributed by atoms with E-state index in [2.05, 4.69) is 32.7 Å². The number of benzene rings is 1. The summed E-state index contributed by atoms with van der Waals surface area (Å²) in [7, 11) is 0. The summed E-state index contributed by atoms with van der Waals surface area (Å²) in [4.78, 5) is 29.9. The lowest BCUT2D eigenvalue weighted by Gasteiger charge is -2.36. The Morgan fingerprint density at radius 2 is 1.78 bits per heavy atom. The zero-order valence-electron chi connectivity index (χ0n) is 18.9. The van der Waals surface area contributed by atoms with Gasteiger partial charge in [0.15, 0.2) is 17.0 Å². The number of amides is 1. The van der Waals surface area contributed by atoms with Crippen molar-refractivity contribution < 1.29 is 9.53 Å². The fraction of sp³-hybridized carbons (Fsp3) is 0.417. The van der Waals surface area contributed by atoms with Crippen LogP contribution in [0.25, 0.3) is 11.2 Å². The molecule has 8 nitrogen and oxygen atoms in total. The first-order valence-electron chi connectivity index (χ1n) is 10.7. The number of carbonyl (C=O) groups is 1. The molecule has 0 bridgehead atoms. The predicted molar refractivity (Wildman–Crippen MR) is 124 cm³/mol. The topological polar surface area (TPSA) is 76.4 Å². The highest BCUT2D eigenvalue weighted by Crippen LogP contribution is 2.27. The van der Waals surface area contributed by atoms with Gasteiger partial charge in [-0.15, -0.1) is 6.42 Å². The molecule has 3 aromatic rings. The van der Waals surface area contributed by atoms with E-state index in [1.807, 2.05) is 49.6 Å². The molecule has 1 aliphatic rings. The van der Waals surface area contributed by atoms with Crippen molar-refractivity contribution >= 4 is 23.1 Å². The minimum absolute atomic E-state index is 0.0404. The van der Waals surface area contributed by atoms with Gasteiger partial charge in [0.2, 0.25) is 0 Å². The lowest BCUT2D eigenvalue weighted by molar-refractivity contribution is 0.0240. The van der Waals surface area contributed by atoms with Gasteiger partial charge < -0.3 is 19.1 Å². The molecule has 0 saturated carbocycles. The van der Waals surface area contributed by atoms with Crippen LogP contribution < -0.4 is 4.90 Å². The number of terminal acetylenes is 1.